The van der Waals surface area contributed by atoms with E-state index in [9.17, 15) is 4.79 Å². The fourth-order valence-corrected chi connectivity index (χ4v) is 3.55. The Kier molecular flexibility index (Phi) is 7.53. The molecule has 0 aromatic rings. The molecular formula is C14H25IO3. The van der Waals surface area contributed by atoms with Gasteiger partial charge in [0.05, 0.1) is 18.6 Å². The van der Waals surface area contributed by atoms with E-state index in [2.05, 4.69) is 36.4 Å². The Hall–Kier alpha value is 0.160. The van der Waals surface area contributed by atoms with Crippen LogP contribution in [0.15, 0.2) is 0 Å². The summed E-state index contributed by atoms with van der Waals surface area (Å²) in [6.07, 6.45) is 4.35. The smallest absolute Gasteiger partial charge is 0.309 e. The molecule has 0 heterocycles. The van der Waals surface area contributed by atoms with Gasteiger partial charge in [-0.15, -0.1) is 0 Å². The molecule has 1 fully saturated rings. The first-order valence-corrected chi connectivity index (χ1v) is 8.25. The van der Waals surface area contributed by atoms with E-state index >= 15 is 0 Å². The zero-order valence-corrected chi connectivity index (χ0v) is 13.8. The molecule has 0 spiro atoms. The average molecular weight is 368 g/mol. The Balaban J connectivity index is 2.33. The number of carbonyl (C=O) groups excluding carboxylic acids is 1. The van der Waals surface area contributed by atoms with Gasteiger partial charge in [-0.1, -0.05) is 42.9 Å². The zero-order valence-electron chi connectivity index (χ0n) is 11.7. The van der Waals surface area contributed by atoms with Crippen LogP contribution in [0, 0.1) is 11.8 Å². The number of halogens is 1. The van der Waals surface area contributed by atoms with Crippen LogP contribution in [0.2, 0.25) is 0 Å². The molecule has 1 saturated carbocycles. The van der Waals surface area contributed by atoms with Crippen LogP contribution in [-0.2, 0) is 14.3 Å². The topological polar surface area (TPSA) is 35.5 Å². The molecule has 0 aromatic heterocycles. The van der Waals surface area contributed by atoms with Crippen LogP contribution >= 0.6 is 22.6 Å². The van der Waals surface area contributed by atoms with Gasteiger partial charge in [-0.2, -0.15) is 0 Å². The molecule has 0 amide bonds. The Morgan fingerprint density at radius 2 is 2.11 bits per heavy atom. The predicted octanol–water partition coefficient (Wildman–Crippen LogP) is 3.58. The van der Waals surface area contributed by atoms with Crippen LogP contribution < -0.4 is 0 Å². The SMILES string of the molecule is CCCC(C)COC1CC(C(=O)OCC)CC1I. The lowest BCUT2D eigenvalue weighted by molar-refractivity contribution is -0.148. The van der Waals surface area contributed by atoms with Crippen molar-refractivity contribution < 1.29 is 14.3 Å². The lowest BCUT2D eigenvalue weighted by Gasteiger charge is -2.18. The Labute approximate surface area is 124 Å². The molecule has 0 saturated heterocycles. The minimum absolute atomic E-state index is 0.0401. The van der Waals surface area contributed by atoms with Gasteiger partial charge in [-0.05, 0) is 32.1 Å². The largest absolute Gasteiger partial charge is 0.466 e. The summed E-state index contributed by atoms with van der Waals surface area (Å²) < 4.78 is 11.5. The summed E-state index contributed by atoms with van der Waals surface area (Å²) in [5.74, 6) is 0.602. The van der Waals surface area contributed by atoms with Gasteiger partial charge in [0.25, 0.3) is 0 Å². The molecule has 4 heteroatoms. The van der Waals surface area contributed by atoms with E-state index in [0.717, 1.165) is 19.4 Å². The van der Waals surface area contributed by atoms with Crippen LogP contribution in [0.3, 0.4) is 0 Å². The molecule has 0 aromatic carbocycles. The lowest BCUT2D eigenvalue weighted by Crippen LogP contribution is -2.21. The molecule has 0 N–H and O–H groups in total. The third-order valence-corrected chi connectivity index (χ3v) is 4.74. The van der Waals surface area contributed by atoms with Crippen molar-refractivity contribution in [3.63, 3.8) is 0 Å². The van der Waals surface area contributed by atoms with Crippen molar-refractivity contribution in [2.45, 2.75) is 56.5 Å². The second kappa shape index (κ2) is 8.35. The lowest BCUT2D eigenvalue weighted by atomic mass is 10.1. The minimum Gasteiger partial charge on any atom is -0.466 e. The van der Waals surface area contributed by atoms with Crippen molar-refractivity contribution in [3.8, 4) is 0 Å². The quantitative estimate of drug-likeness (QED) is 0.392. The molecule has 0 radical (unpaired) electrons. The molecule has 4 unspecified atom stereocenters. The molecule has 0 bridgehead atoms. The minimum atomic E-state index is -0.0492. The summed E-state index contributed by atoms with van der Waals surface area (Å²) in [5.41, 5.74) is 0. The maximum absolute atomic E-state index is 11.7. The monoisotopic (exact) mass is 368 g/mol. The van der Waals surface area contributed by atoms with Crippen LogP contribution in [0.25, 0.3) is 0 Å². The van der Waals surface area contributed by atoms with Gasteiger partial charge < -0.3 is 9.47 Å². The van der Waals surface area contributed by atoms with Crippen molar-refractivity contribution >= 4 is 28.6 Å². The summed E-state index contributed by atoms with van der Waals surface area (Å²) in [4.78, 5) is 11.7. The molecule has 3 nitrogen and oxygen atoms in total. The second-order valence-electron chi connectivity index (χ2n) is 5.20. The third-order valence-electron chi connectivity index (χ3n) is 3.43. The molecule has 1 aliphatic carbocycles. The Bertz CT molecular complexity index is 257. The highest BCUT2D eigenvalue weighted by atomic mass is 127. The van der Waals surface area contributed by atoms with E-state index in [-0.39, 0.29) is 18.0 Å². The molecule has 0 aliphatic heterocycles. The van der Waals surface area contributed by atoms with Crippen molar-refractivity contribution in [1.29, 1.82) is 0 Å². The van der Waals surface area contributed by atoms with E-state index in [1.54, 1.807) is 0 Å². The summed E-state index contributed by atoms with van der Waals surface area (Å²) in [5, 5.41) is 0. The van der Waals surface area contributed by atoms with E-state index < -0.39 is 0 Å². The zero-order chi connectivity index (χ0) is 13.5. The summed E-state index contributed by atoms with van der Waals surface area (Å²) in [6, 6.07) is 0. The highest BCUT2D eigenvalue weighted by Gasteiger charge is 2.38. The van der Waals surface area contributed by atoms with Gasteiger partial charge >= 0.3 is 5.97 Å². The van der Waals surface area contributed by atoms with E-state index in [1.165, 1.54) is 12.8 Å². The fraction of sp³-hybridized carbons (Fsp3) is 0.929. The fourth-order valence-electron chi connectivity index (χ4n) is 2.44. The van der Waals surface area contributed by atoms with Crippen LogP contribution in [0.4, 0.5) is 0 Å². The van der Waals surface area contributed by atoms with Crippen molar-refractivity contribution in [2.75, 3.05) is 13.2 Å². The molecule has 1 aliphatic rings. The van der Waals surface area contributed by atoms with Gasteiger partial charge in [-0.3, -0.25) is 4.79 Å². The number of hydrogen-bond donors (Lipinski definition) is 0. The molecule has 1 rings (SSSR count). The summed E-state index contributed by atoms with van der Waals surface area (Å²) in [7, 11) is 0. The second-order valence-corrected chi connectivity index (χ2v) is 6.80. The standard InChI is InChI=1S/C14H25IO3/c1-4-6-10(3)9-18-13-8-11(7-12(13)15)14(16)17-5-2/h10-13H,4-9H2,1-3H3. The van der Waals surface area contributed by atoms with Gasteiger partial charge in [-0.25, -0.2) is 0 Å². The molecular weight excluding hydrogens is 343 g/mol. The highest BCUT2D eigenvalue weighted by Crippen LogP contribution is 2.34. The summed E-state index contributed by atoms with van der Waals surface area (Å²) in [6.45, 7) is 7.57. The maximum atomic E-state index is 11.7. The number of carbonyl (C=O) groups is 1. The van der Waals surface area contributed by atoms with Crippen molar-refractivity contribution in [1.82, 2.24) is 0 Å². The number of esters is 1. The van der Waals surface area contributed by atoms with Gasteiger partial charge in [0.2, 0.25) is 0 Å². The Morgan fingerprint density at radius 1 is 1.39 bits per heavy atom. The number of rotatable bonds is 7. The van der Waals surface area contributed by atoms with Crippen molar-refractivity contribution in [3.05, 3.63) is 0 Å². The number of alkyl halides is 1. The first-order chi connectivity index (χ1) is 8.58. The first-order valence-electron chi connectivity index (χ1n) is 7.00. The van der Waals surface area contributed by atoms with Gasteiger partial charge in [0.1, 0.15) is 0 Å². The first kappa shape index (κ1) is 16.2. The van der Waals surface area contributed by atoms with Crippen molar-refractivity contribution in [2.24, 2.45) is 11.8 Å². The number of ether oxygens (including phenoxy) is 2. The number of hydrogen-bond acceptors (Lipinski definition) is 3. The highest BCUT2D eigenvalue weighted by molar-refractivity contribution is 14.1. The van der Waals surface area contributed by atoms with Gasteiger partial charge in [0, 0.05) is 10.5 Å². The van der Waals surface area contributed by atoms with Crippen LogP contribution in [-0.4, -0.2) is 29.2 Å². The van der Waals surface area contributed by atoms with Crippen LogP contribution in [0.5, 0.6) is 0 Å². The Morgan fingerprint density at radius 3 is 2.72 bits per heavy atom. The van der Waals surface area contributed by atoms with E-state index in [1.807, 2.05) is 6.92 Å². The van der Waals surface area contributed by atoms with E-state index in [4.69, 9.17) is 9.47 Å². The molecule has 4 atom stereocenters. The third kappa shape index (κ3) is 5.03. The maximum Gasteiger partial charge on any atom is 0.309 e. The van der Waals surface area contributed by atoms with Gasteiger partial charge in [0.15, 0.2) is 0 Å². The summed E-state index contributed by atoms with van der Waals surface area (Å²) >= 11 is 2.41. The molecule has 106 valence electrons. The average Bonchev–Trinajstić information content (AvgIpc) is 2.69. The van der Waals surface area contributed by atoms with E-state index in [0.29, 0.717) is 16.4 Å². The molecule has 18 heavy (non-hydrogen) atoms. The normalized spacial score (nSPS) is 29.2. The van der Waals surface area contributed by atoms with Crippen LogP contribution in [0.1, 0.15) is 46.5 Å². The predicted molar refractivity (Wildman–Crippen MR) is 81.0 cm³/mol.